The SMILES string of the molecule is CCOCCC1(C(=O)Nc2ccc(C(=O)NCCC(=O)O)cc2)CCC1. The molecule has 7 nitrogen and oxygen atoms in total. The molecule has 3 N–H and O–H groups in total. The van der Waals surface area contributed by atoms with Crippen LogP contribution in [0.2, 0.25) is 0 Å². The van der Waals surface area contributed by atoms with Gasteiger partial charge in [0.25, 0.3) is 5.91 Å². The molecule has 142 valence electrons. The Kier molecular flexibility index (Phi) is 7.15. The zero-order valence-corrected chi connectivity index (χ0v) is 15.0. The van der Waals surface area contributed by atoms with Gasteiger partial charge < -0.3 is 20.5 Å². The Morgan fingerprint density at radius 2 is 1.88 bits per heavy atom. The molecule has 1 aromatic carbocycles. The van der Waals surface area contributed by atoms with Crippen molar-refractivity contribution in [1.82, 2.24) is 5.32 Å². The summed E-state index contributed by atoms with van der Waals surface area (Å²) in [6.07, 6.45) is 3.39. The first-order valence-corrected chi connectivity index (χ1v) is 8.96. The first-order valence-electron chi connectivity index (χ1n) is 8.96. The number of hydrogen-bond donors (Lipinski definition) is 3. The molecule has 0 spiro atoms. The minimum absolute atomic E-state index is 0.00196. The number of nitrogens with one attached hydrogen (secondary N) is 2. The molecule has 0 radical (unpaired) electrons. The Bertz CT molecular complexity index is 638. The second kappa shape index (κ2) is 9.33. The van der Waals surface area contributed by atoms with E-state index < -0.39 is 5.97 Å². The minimum atomic E-state index is -0.961. The maximum Gasteiger partial charge on any atom is 0.305 e. The van der Waals surface area contributed by atoms with E-state index in [1.807, 2.05) is 6.92 Å². The van der Waals surface area contributed by atoms with E-state index in [4.69, 9.17) is 9.84 Å². The molecule has 0 saturated heterocycles. The normalized spacial score (nSPS) is 15.0. The molecule has 0 aromatic heterocycles. The Morgan fingerprint density at radius 1 is 1.19 bits per heavy atom. The fourth-order valence-electron chi connectivity index (χ4n) is 2.96. The molecule has 1 saturated carbocycles. The molecule has 0 atom stereocenters. The number of hydrogen-bond acceptors (Lipinski definition) is 4. The van der Waals surface area contributed by atoms with Crippen LogP contribution in [-0.4, -0.2) is 42.6 Å². The van der Waals surface area contributed by atoms with Gasteiger partial charge in [0.05, 0.1) is 11.8 Å². The summed E-state index contributed by atoms with van der Waals surface area (Å²) in [5, 5.41) is 14.0. The van der Waals surface area contributed by atoms with Gasteiger partial charge in [-0.25, -0.2) is 0 Å². The van der Waals surface area contributed by atoms with Gasteiger partial charge in [-0.1, -0.05) is 6.42 Å². The maximum absolute atomic E-state index is 12.6. The van der Waals surface area contributed by atoms with Crippen molar-refractivity contribution in [2.45, 2.75) is 39.0 Å². The summed E-state index contributed by atoms with van der Waals surface area (Å²) < 4.78 is 5.39. The molecule has 2 rings (SSSR count). The number of aliphatic carboxylic acids is 1. The van der Waals surface area contributed by atoms with E-state index in [9.17, 15) is 14.4 Å². The Balaban J connectivity index is 1.88. The quantitative estimate of drug-likeness (QED) is 0.555. The summed E-state index contributed by atoms with van der Waals surface area (Å²) >= 11 is 0. The van der Waals surface area contributed by atoms with E-state index in [2.05, 4.69) is 10.6 Å². The average molecular weight is 362 g/mol. The molecule has 26 heavy (non-hydrogen) atoms. The van der Waals surface area contributed by atoms with Crippen molar-refractivity contribution in [2.24, 2.45) is 5.41 Å². The molecule has 2 amide bonds. The zero-order valence-electron chi connectivity index (χ0n) is 15.0. The van der Waals surface area contributed by atoms with E-state index in [-0.39, 0.29) is 30.2 Å². The topological polar surface area (TPSA) is 105 Å². The van der Waals surface area contributed by atoms with Gasteiger partial charge in [-0.3, -0.25) is 14.4 Å². The van der Waals surface area contributed by atoms with Crippen LogP contribution in [0.15, 0.2) is 24.3 Å². The van der Waals surface area contributed by atoms with Gasteiger partial charge in [-0.2, -0.15) is 0 Å². The molecular weight excluding hydrogens is 336 g/mol. The van der Waals surface area contributed by atoms with E-state index >= 15 is 0 Å². The summed E-state index contributed by atoms with van der Waals surface area (Å²) in [7, 11) is 0. The van der Waals surface area contributed by atoms with E-state index in [1.165, 1.54) is 0 Å². The lowest BCUT2D eigenvalue weighted by atomic mass is 9.66. The van der Waals surface area contributed by atoms with Crippen molar-refractivity contribution >= 4 is 23.5 Å². The molecular formula is C19H26N2O5. The van der Waals surface area contributed by atoms with Crippen LogP contribution < -0.4 is 10.6 Å². The van der Waals surface area contributed by atoms with E-state index in [1.54, 1.807) is 24.3 Å². The summed E-state index contributed by atoms with van der Waals surface area (Å²) in [6.45, 7) is 3.25. The third kappa shape index (κ3) is 5.29. The van der Waals surface area contributed by atoms with Gasteiger partial charge in [-0.15, -0.1) is 0 Å². The second-order valence-corrected chi connectivity index (χ2v) is 6.51. The smallest absolute Gasteiger partial charge is 0.305 e. The van der Waals surface area contributed by atoms with Crippen LogP contribution in [0.4, 0.5) is 5.69 Å². The molecule has 1 fully saturated rings. The number of ether oxygens (including phenoxy) is 1. The lowest BCUT2D eigenvalue weighted by Crippen LogP contribution is -2.42. The number of carbonyl (C=O) groups is 3. The van der Waals surface area contributed by atoms with Crippen LogP contribution in [0.5, 0.6) is 0 Å². The van der Waals surface area contributed by atoms with E-state index in [0.717, 1.165) is 25.7 Å². The van der Waals surface area contributed by atoms with Crippen LogP contribution in [0.3, 0.4) is 0 Å². The fraction of sp³-hybridized carbons (Fsp3) is 0.526. The van der Waals surface area contributed by atoms with Crippen molar-refractivity contribution < 1.29 is 24.2 Å². The number of rotatable bonds is 10. The van der Waals surface area contributed by atoms with Crippen molar-refractivity contribution in [2.75, 3.05) is 25.1 Å². The second-order valence-electron chi connectivity index (χ2n) is 6.51. The average Bonchev–Trinajstić information content (AvgIpc) is 2.57. The van der Waals surface area contributed by atoms with Gasteiger partial charge in [0.2, 0.25) is 5.91 Å². The van der Waals surface area contributed by atoms with Crippen molar-refractivity contribution in [3.05, 3.63) is 29.8 Å². The van der Waals surface area contributed by atoms with Crippen molar-refractivity contribution in [3.8, 4) is 0 Å². The van der Waals surface area contributed by atoms with Gasteiger partial charge in [0.15, 0.2) is 0 Å². The molecule has 1 aromatic rings. The lowest BCUT2D eigenvalue weighted by Gasteiger charge is -2.40. The van der Waals surface area contributed by atoms with Gasteiger partial charge in [-0.05, 0) is 50.5 Å². The summed E-state index contributed by atoms with van der Waals surface area (Å²) in [5.41, 5.74) is 0.713. The molecule has 0 heterocycles. The lowest BCUT2D eigenvalue weighted by molar-refractivity contribution is -0.136. The highest BCUT2D eigenvalue weighted by molar-refractivity contribution is 5.97. The third-order valence-electron chi connectivity index (χ3n) is 4.75. The van der Waals surface area contributed by atoms with Crippen LogP contribution in [0, 0.1) is 5.41 Å². The number of carboxylic acid groups (broad SMARTS) is 1. The van der Waals surface area contributed by atoms with Gasteiger partial charge >= 0.3 is 5.97 Å². The van der Waals surface area contributed by atoms with Gasteiger partial charge in [0, 0.05) is 31.0 Å². The fourth-order valence-corrected chi connectivity index (χ4v) is 2.96. The molecule has 7 heteroatoms. The van der Waals surface area contributed by atoms with Crippen molar-refractivity contribution in [3.63, 3.8) is 0 Å². The molecule has 0 aliphatic heterocycles. The standard InChI is InChI=1S/C19H26N2O5/c1-2-26-13-11-19(9-3-10-19)18(25)21-15-6-4-14(5-7-15)17(24)20-12-8-16(22)23/h4-7H,2-3,8-13H2,1H3,(H,20,24)(H,21,25)(H,22,23). The number of benzene rings is 1. The Labute approximate surface area is 153 Å². The molecule has 1 aliphatic carbocycles. The first-order chi connectivity index (χ1) is 12.5. The number of carbonyl (C=O) groups excluding carboxylic acids is 2. The zero-order chi connectivity index (χ0) is 19.0. The predicted molar refractivity (Wildman–Crippen MR) is 97.1 cm³/mol. The van der Waals surface area contributed by atoms with Crippen molar-refractivity contribution in [1.29, 1.82) is 0 Å². The number of amides is 2. The van der Waals surface area contributed by atoms with Gasteiger partial charge in [0.1, 0.15) is 0 Å². The summed E-state index contributed by atoms with van der Waals surface area (Å²) in [6, 6.07) is 6.58. The monoisotopic (exact) mass is 362 g/mol. The molecule has 0 unspecified atom stereocenters. The maximum atomic E-state index is 12.6. The highest BCUT2D eigenvalue weighted by Crippen LogP contribution is 2.44. The van der Waals surface area contributed by atoms with Crippen LogP contribution in [0.25, 0.3) is 0 Å². The van der Waals surface area contributed by atoms with E-state index in [0.29, 0.717) is 24.5 Å². The summed E-state index contributed by atoms with van der Waals surface area (Å²) in [4.78, 5) is 35.0. The van der Waals surface area contributed by atoms with Crippen LogP contribution in [0.1, 0.15) is 49.4 Å². The number of anilines is 1. The predicted octanol–water partition coefficient (Wildman–Crippen LogP) is 2.43. The van der Waals surface area contributed by atoms with Crippen LogP contribution in [-0.2, 0) is 14.3 Å². The largest absolute Gasteiger partial charge is 0.481 e. The Hall–Kier alpha value is -2.41. The molecule has 1 aliphatic rings. The number of carboxylic acids is 1. The summed E-state index contributed by atoms with van der Waals surface area (Å²) in [5.74, 6) is -1.30. The molecule has 0 bridgehead atoms. The highest BCUT2D eigenvalue weighted by Gasteiger charge is 2.43. The highest BCUT2D eigenvalue weighted by atomic mass is 16.5. The third-order valence-corrected chi connectivity index (χ3v) is 4.75. The first kappa shape index (κ1) is 19.9. The van der Waals surface area contributed by atoms with Crippen LogP contribution >= 0.6 is 0 Å². The Morgan fingerprint density at radius 3 is 2.42 bits per heavy atom. The minimum Gasteiger partial charge on any atom is -0.481 e.